The molecule has 1 rings (SSSR count). The lowest BCUT2D eigenvalue weighted by molar-refractivity contribution is -0.115. The molecule has 0 heterocycles. The first-order valence-corrected chi connectivity index (χ1v) is 5.57. The Kier molecular flexibility index (Phi) is 4.81. The van der Waals surface area contributed by atoms with E-state index in [2.05, 4.69) is 21.2 Å². The molecule has 0 fully saturated rings. The van der Waals surface area contributed by atoms with Gasteiger partial charge in [-0.15, -0.1) is 0 Å². The molecule has 0 aromatic heterocycles. The molecule has 0 spiro atoms. The van der Waals surface area contributed by atoms with Gasteiger partial charge in [0, 0.05) is 17.4 Å². The first kappa shape index (κ1) is 12.2. The highest BCUT2D eigenvalue weighted by molar-refractivity contribution is 9.09. The van der Waals surface area contributed by atoms with E-state index in [1.54, 1.807) is 24.3 Å². The molecule has 0 atom stereocenters. The first-order valence-electron chi connectivity index (χ1n) is 4.45. The minimum Gasteiger partial charge on any atom is -0.423 e. The highest BCUT2D eigenvalue weighted by Gasteiger charge is 2.10. The molecule has 3 N–H and O–H groups in total. The van der Waals surface area contributed by atoms with Crippen LogP contribution in [0.15, 0.2) is 24.3 Å². The van der Waals surface area contributed by atoms with Crippen molar-refractivity contribution in [1.29, 1.82) is 0 Å². The van der Waals surface area contributed by atoms with Gasteiger partial charge in [0.15, 0.2) is 0 Å². The number of carbonyl (C=O) groups is 1. The number of alkyl halides is 1. The van der Waals surface area contributed by atoms with E-state index >= 15 is 0 Å². The highest BCUT2D eigenvalue weighted by Crippen LogP contribution is 2.05. The lowest BCUT2D eigenvalue weighted by Crippen LogP contribution is -2.29. The third kappa shape index (κ3) is 4.03. The van der Waals surface area contributed by atoms with Gasteiger partial charge in [0.1, 0.15) is 0 Å². The smallest absolute Gasteiger partial charge is 0.423 e. The lowest BCUT2D eigenvalue weighted by Gasteiger charge is -2.05. The summed E-state index contributed by atoms with van der Waals surface area (Å²) in [7, 11) is -1.47. The van der Waals surface area contributed by atoms with Crippen molar-refractivity contribution in [1.82, 2.24) is 0 Å². The number of rotatable bonds is 4. The zero-order chi connectivity index (χ0) is 11.3. The molecule has 0 bridgehead atoms. The third-order valence-corrected chi connectivity index (χ3v) is 2.21. The summed E-state index contributed by atoms with van der Waals surface area (Å²) in [5, 5.41) is 21.0. The minimum atomic E-state index is -1.47. The van der Waals surface area contributed by atoms with Crippen LogP contribution in [0, 0.1) is 0 Å². The SMILES string of the molecule is O=C(CCBr)Nc1ccc(B(O)O)cc1. The van der Waals surface area contributed by atoms with Crippen molar-refractivity contribution in [3.05, 3.63) is 24.3 Å². The average Bonchev–Trinajstić information content (AvgIpc) is 2.18. The van der Waals surface area contributed by atoms with Crippen molar-refractivity contribution in [2.75, 3.05) is 10.6 Å². The maximum Gasteiger partial charge on any atom is 0.488 e. The number of hydrogen-bond donors (Lipinski definition) is 3. The molecule has 1 aromatic rings. The molecular weight excluding hydrogens is 261 g/mol. The van der Waals surface area contributed by atoms with Gasteiger partial charge in [0.2, 0.25) is 5.91 Å². The zero-order valence-corrected chi connectivity index (χ0v) is 9.57. The number of benzene rings is 1. The summed E-state index contributed by atoms with van der Waals surface area (Å²) in [6, 6.07) is 6.35. The van der Waals surface area contributed by atoms with Crippen molar-refractivity contribution in [2.24, 2.45) is 0 Å². The van der Waals surface area contributed by atoms with E-state index in [9.17, 15) is 4.79 Å². The Morgan fingerprint density at radius 2 is 1.93 bits per heavy atom. The average molecular weight is 272 g/mol. The Hall–Kier alpha value is -0.845. The van der Waals surface area contributed by atoms with E-state index in [0.717, 1.165) is 0 Å². The van der Waals surface area contributed by atoms with Crippen LogP contribution in [0.2, 0.25) is 0 Å². The van der Waals surface area contributed by atoms with E-state index in [1.165, 1.54) is 0 Å². The number of halogens is 1. The van der Waals surface area contributed by atoms with Gasteiger partial charge in [-0.2, -0.15) is 0 Å². The van der Waals surface area contributed by atoms with E-state index in [1.807, 2.05) is 0 Å². The molecule has 0 aliphatic carbocycles. The van der Waals surface area contributed by atoms with Crippen LogP contribution < -0.4 is 10.8 Å². The maximum atomic E-state index is 11.2. The number of amides is 1. The molecule has 0 unspecified atom stereocenters. The van der Waals surface area contributed by atoms with Gasteiger partial charge in [-0.05, 0) is 17.6 Å². The Morgan fingerprint density at radius 3 is 2.40 bits per heavy atom. The van der Waals surface area contributed by atoms with Crippen LogP contribution in [0.3, 0.4) is 0 Å². The second-order valence-electron chi connectivity index (χ2n) is 2.98. The Morgan fingerprint density at radius 1 is 1.33 bits per heavy atom. The molecule has 1 amide bonds. The van der Waals surface area contributed by atoms with Crippen LogP contribution >= 0.6 is 15.9 Å². The molecule has 80 valence electrons. The lowest BCUT2D eigenvalue weighted by atomic mass is 9.80. The number of hydrogen-bond acceptors (Lipinski definition) is 3. The number of anilines is 1. The van der Waals surface area contributed by atoms with E-state index in [4.69, 9.17) is 10.0 Å². The van der Waals surface area contributed by atoms with Crippen molar-refractivity contribution in [3.63, 3.8) is 0 Å². The molecule has 15 heavy (non-hydrogen) atoms. The zero-order valence-electron chi connectivity index (χ0n) is 7.98. The predicted molar refractivity (Wildman–Crippen MR) is 63.3 cm³/mol. The van der Waals surface area contributed by atoms with E-state index < -0.39 is 7.12 Å². The molecule has 4 nitrogen and oxygen atoms in total. The van der Waals surface area contributed by atoms with E-state index in [0.29, 0.717) is 22.9 Å². The van der Waals surface area contributed by atoms with Crippen LogP contribution in [-0.2, 0) is 4.79 Å². The van der Waals surface area contributed by atoms with Gasteiger partial charge >= 0.3 is 7.12 Å². The summed E-state index contributed by atoms with van der Waals surface area (Å²) in [6.07, 6.45) is 0.407. The van der Waals surface area contributed by atoms with Gasteiger partial charge in [0.25, 0.3) is 0 Å². The van der Waals surface area contributed by atoms with Gasteiger partial charge in [-0.25, -0.2) is 0 Å². The fraction of sp³-hybridized carbons (Fsp3) is 0.222. The fourth-order valence-electron chi connectivity index (χ4n) is 1.05. The maximum absolute atomic E-state index is 11.2. The van der Waals surface area contributed by atoms with Crippen molar-refractivity contribution >= 4 is 40.1 Å². The highest BCUT2D eigenvalue weighted by atomic mass is 79.9. The van der Waals surface area contributed by atoms with Crippen LogP contribution in [-0.4, -0.2) is 28.4 Å². The van der Waals surface area contributed by atoms with Crippen LogP contribution in [0.1, 0.15) is 6.42 Å². The summed E-state index contributed by atoms with van der Waals surface area (Å²) in [5.41, 5.74) is 1.04. The first-order chi connectivity index (χ1) is 7.13. The van der Waals surface area contributed by atoms with Crippen LogP contribution in [0.5, 0.6) is 0 Å². The summed E-state index contributed by atoms with van der Waals surface area (Å²) in [5.74, 6) is -0.0795. The molecule has 0 aliphatic rings. The Balaban J connectivity index is 2.60. The molecule has 0 radical (unpaired) electrons. The van der Waals surface area contributed by atoms with Crippen molar-refractivity contribution < 1.29 is 14.8 Å². The Bertz CT molecular complexity index is 329. The number of nitrogens with one attached hydrogen (secondary N) is 1. The quantitative estimate of drug-likeness (QED) is 0.537. The second-order valence-corrected chi connectivity index (χ2v) is 3.78. The normalized spacial score (nSPS) is 9.80. The summed E-state index contributed by atoms with van der Waals surface area (Å²) < 4.78 is 0. The molecule has 6 heteroatoms. The topological polar surface area (TPSA) is 69.6 Å². The Labute approximate surface area is 96.6 Å². The van der Waals surface area contributed by atoms with Gasteiger partial charge in [-0.3, -0.25) is 4.79 Å². The molecule has 1 aromatic carbocycles. The summed E-state index contributed by atoms with van der Waals surface area (Å²) >= 11 is 3.17. The van der Waals surface area contributed by atoms with Gasteiger partial charge in [-0.1, -0.05) is 28.1 Å². The second kappa shape index (κ2) is 5.90. The molecule has 0 aliphatic heterocycles. The standard InChI is InChI=1S/C9H11BBrNO3/c11-6-5-9(13)12-8-3-1-7(2-4-8)10(14)15/h1-4,14-15H,5-6H2,(H,12,13). The van der Waals surface area contributed by atoms with Crippen molar-refractivity contribution in [2.45, 2.75) is 6.42 Å². The van der Waals surface area contributed by atoms with E-state index in [-0.39, 0.29) is 5.91 Å². The summed E-state index contributed by atoms with van der Waals surface area (Å²) in [4.78, 5) is 11.2. The largest absolute Gasteiger partial charge is 0.488 e. The van der Waals surface area contributed by atoms with Gasteiger partial charge < -0.3 is 15.4 Å². The third-order valence-electron chi connectivity index (χ3n) is 1.81. The predicted octanol–water partition coefficient (Wildman–Crippen LogP) is 0.0899. The minimum absolute atomic E-state index is 0.0795. The molecule has 0 saturated carbocycles. The van der Waals surface area contributed by atoms with Crippen molar-refractivity contribution in [3.8, 4) is 0 Å². The van der Waals surface area contributed by atoms with Gasteiger partial charge in [0.05, 0.1) is 0 Å². The monoisotopic (exact) mass is 271 g/mol. The summed E-state index contributed by atoms with van der Waals surface area (Å²) in [6.45, 7) is 0. The van der Waals surface area contributed by atoms with Crippen LogP contribution in [0.25, 0.3) is 0 Å². The number of carbonyl (C=O) groups excluding carboxylic acids is 1. The van der Waals surface area contributed by atoms with Crippen LogP contribution in [0.4, 0.5) is 5.69 Å². The molecule has 0 saturated heterocycles. The molecular formula is C9H11BBrNO3. The fourth-order valence-corrected chi connectivity index (χ4v) is 1.41.